The Balaban J connectivity index is 0. The molecule has 1 saturated carbocycles. The Hall–Kier alpha value is 1.27. The van der Waals surface area contributed by atoms with E-state index in [4.69, 9.17) is 0 Å². The molecule has 3 heteroatoms. The molecule has 0 saturated heterocycles. The molecule has 0 aliphatic heterocycles. The van der Waals surface area contributed by atoms with Crippen molar-refractivity contribution < 1.29 is 12.4 Å². The SMILES string of the molecule is CC(C)[C@@H]1CCC[C@H]1[CH-][Si](C)(C)C.[Cl-].[Mg+2]. The van der Waals surface area contributed by atoms with Gasteiger partial charge in [-0.15, -0.1) is 8.07 Å². The van der Waals surface area contributed by atoms with Gasteiger partial charge in [0.2, 0.25) is 0 Å². The van der Waals surface area contributed by atoms with Crippen molar-refractivity contribution in [2.75, 3.05) is 0 Å². The van der Waals surface area contributed by atoms with Crippen molar-refractivity contribution >= 4 is 31.1 Å². The summed E-state index contributed by atoms with van der Waals surface area (Å²) in [5, 5.41) is 0. The van der Waals surface area contributed by atoms with E-state index in [9.17, 15) is 0 Å². The Morgan fingerprint density at radius 2 is 1.67 bits per heavy atom. The van der Waals surface area contributed by atoms with E-state index in [1.54, 1.807) is 0 Å². The Morgan fingerprint density at radius 3 is 2.07 bits per heavy atom. The molecule has 2 atom stereocenters. The van der Waals surface area contributed by atoms with Gasteiger partial charge in [0.15, 0.2) is 0 Å². The Morgan fingerprint density at radius 1 is 1.13 bits per heavy atom. The summed E-state index contributed by atoms with van der Waals surface area (Å²) in [6.45, 7) is 12.2. The molecule has 1 fully saturated rings. The van der Waals surface area contributed by atoms with Crippen LogP contribution in [0.5, 0.6) is 0 Å². The minimum absolute atomic E-state index is 0. The zero-order chi connectivity index (χ0) is 10.1. The summed E-state index contributed by atoms with van der Waals surface area (Å²) in [6, 6.07) is 2.73. The van der Waals surface area contributed by atoms with Crippen LogP contribution < -0.4 is 12.4 Å². The summed E-state index contributed by atoms with van der Waals surface area (Å²) < 4.78 is 0. The minimum atomic E-state index is -0.935. The van der Waals surface area contributed by atoms with Crippen molar-refractivity contribution in [2.45, 2.75) is 52.8 Å². The molecule has 0 radical (unpaired) electrons. The van der Waals surface area contributed by atoms with Gasteiger partial charge in [-0.1, -0.05) is 58.7 Å². The molecule has 15 heavy (non-hydrogen) atoms. The monoisotopic (exact) mass is 256 g/mol. The van der Waals surface area contributed by atoms with E-state index in [-0.39, 0.29) is 35.5 Å². The van der Waals surface area contributed by atoms with Crippen LogP contribution in [0, 0.1) is 23.8 Å². The first-order chi connectivity index (χ1) is 5.90. The maximum absolute atomic E-state index is 2.73. The van der Waals surface area contributed by atoms with Crippen LogP contribution in [0.15, 0.2) is 0 Å². The predicted molar refractivity (Wildman–Crippen MR) is 69.1 cm³/mol. The van der Waals surface area contributed by atoms with Gasteiger partial charge in [-0.3, -0.25) is 0 Å². The van der Waals surface area contributed by atoms with E-state index in [0.717, 1.165) is 17.8 Å². The van der Waals surface area contributed by atoms with Gasteiger partial charge < -0.3 is 18.5 Å². The van der Waals surface area contributed by atoms with E-state index < -0.39 is 8.07 Å². The van der Waals surface area contributed by atoms with E-state index in [1.165, 1.54) is 19.3 Å². The first-order valence-electron chi connectivity index (χ1n) is 5.76. The van der Waals surface area contributed by atoms with Crippen LogP contribution in [0.3, 0.4) is 0 Å². The van der Waals surface area contributed by atoms with Crippen molar-refractivity contribution in [3.05, 3.63) is 6.04 Å². The smallest absolute Gasteiger partial charge is 1.00 e. The van der Waals surface area contributed by atoms with Crippen molar-refractivity contribution in [2.24, 2.45) is 17.8 Å². The molecule has 0 spiro atoms. The average Bonchev–Trinajstić information content (AvgIpc) is 2.31. The molecule has 0 aromatic rings. The molecule has 0 heterocycles. The molecule has 0 amide bonds. The Labute approximate surface area is 120 Å². The summed E-state index contributed by atoms with van der Waals surface area (Å²) in [5.74, 6) is 2.83. The largest absolute Gasteiger partial charge is 2.00 e. The number of halogens is 1. The predicted octanol–water partition coefficient (Wildman–Crippen LogP) is 0.764. The van der Waals surface area contributed by atoms with Crippen molar-refractivity contribution in [1.82, 2.24) is 0 Å². The van der Waals surface area contributed by atoms with Crippen LogP contribution in [0.4, 0.5) is 0 Å². The summed E-state index contributed by atoms with van der Waals surface area (Å²) >= 11 is 0. The van der Waals surface area contributed by atoms with E-state index >= 15 is 0 Å². The summed E-state index contributed by atoms with van der Waals surface area (Å²) in [7, 11) is -0.935. The molecule has 0 aromatic carbocycles. The van der Waals surface area contributed by atoms with Gasteiger partial charge in [-0.2, -0.15) is 5.92 Å². The van der Waals surface area contributed by atoms with Crippen LogP contribution in [-0.4, -0.2) is 31.1 Å². The standard InChI is InChI=1S/C12H25Si.ClH.Mg/c1-10(2)12-8-6-7-11(12)9-13(3,4)5;;/h9-12H,6-8H2,1-5H3;1H;/q-1;;+2/p-1/t11-,12-;;/m0../s1. The maximum atomic E-state index is 2.73. The van der Waals surface area contributed by atoms with Crippen molar-refractivity contribution in [3.8, 4) is 0 Å². The molecule has 1 rings (SSSR count). The summed E-state index contributed by atoms with van der Waals surface area (Å²) in [6.07, 6.45) is 4.41. The Kier molecular flexibility index (Phi) is 9.40. The third-order valence-electron chi connectivity index (χ3n) is 3.20. The molecule has 1 aliphatic rings. The zero-order valence-corrected chi connectivity index (χ0v) is 14.2. The van der Waals surface area contributed by atoms with Crippen molar-refractivity contribution in [3.63, 3.8) is 0 Å². The van der Waals surface area contributed by atoms with Gasteiger partial charge >= 0.3 is 23.1 Å². The molecular formula is C12H25ClMgSi. The molecule has 0 aromatic heterocycles. The maximum Gasteiger partial charge on any atom is 2.00 e. The third kappa shape index (κ3) is 6.55. The van der Waals surface area contributed by atoms with Gasteiger partial charge in [-0.05, 0) is 5.92 Å². The molecule has 0 unspecified atom stereocenters. The van der Waals surface area contributed by atoms with Gasteiger partial charge in [0.1, 0.15) is 0 Å². The molecule has 0 N–H and O–H groups in total. The van der Waals surface area contributed by atoms with E-state index in [0.29, 0.717) is 0 Å². The topological polar surface area (TPSA) is 0 Å². The fraction of sp³-hybridized carbons (Fsp3) is 0.917. The molecule has 0 nitrogen and oxygen atoms in total. The quantitative estimate of drug-likeness (QED) is 0.517. The summed E-state index contributed by atoms with van der Waals surface area (Å²) in [4.78, 5) is 0. The van der Waals surface area contributed by atoms with Crippen LogP contribution >= 0.6 is 0 Å². The van der Waals surface area contributed by atoms with Gasteiger partial charge in [0.05, 0.1) is 0 Å². The van der Waals surface area contributed by atoms with Gasteiger partial charge in [0.25, 0.3) is 0 Å². The van der Waals surface area contributed by atoms with Crippen LogP contribution in [0.25, 0.3) is 0 Å². The number of hydrogen-bond donors (Lipinski definition) is 0. The second-order valence-electron chi connectivity index (χ2n) is 6.04. The van der Waals surface area contributed by atoms with Gasteiger partial charge in [-0.25, -0.2) is 0 Å². The normalized spacial score (nSPS) is 26.0. The zero-order valence-electron chi connectivity index (χ0n) is 11.0. The minimum Gasteiger partial charge on any atom is -1.00 e. The molecular weight excluding hydrogens is 232 g/mol. The second kappa shape index (κ2) is 7.57. The second-order valence-corrected chi connectivity index (χ2v) is 11.1. The fourth-order valence-corrected chi connectivity index (χ4v) is 4.39. The van der Waals surface area contributed by atoms with Crippen LogP contribution in [0.1, 0.15) is 33.1 Å². The number of rotatable bonds is 3. The first kappa shape index (κ1) is 18.6. The van der Waals surface area contributed by atoms with Crippen LogP contribution in [-0.2, 0) is 0 Å². The van der Waals surface area contributed by atoms with E-state index in [1.807, 2.05) is 0 Å². The average molecular weight is 257 g/mol. The van der Waals surface area contributed by atoms with Crippen LogP contribution in [0.2, 0.25) is 19.6 Å². The number of hydrogen-bond acceptors (Lipinski definition) is 0. The Bertz CT molecular complexity index is 165. The van der Waals surface area contributed by atoms with Gasteiger partial charge in [0, 0.05) is 0 Å². The van der Waals surface area contributed by atoms with Crippen molar-refractivity contribution in [1.29, 1.82) is 0 Å². The first-order valence-corrected chi connectivity index (χ1v) is 9.34. The molecule has 0 bridgehead atoms. The fourth-order valence-electron chi connectivity index (χ4n) is 2.69. The summed E-state index contributed by atoms with van der Waals surface area (Å²) in [5.41, 5.74) is 0. The third-order valence-corrected chi connectivity index (χ3v) is 4.62. The van der Waals surface area contributed by atoms with E-state index in [2.05, 4.69) is 39.5 Å². The molecule has 86 valence electrons. The molecule has 1 aliphatic carbocycles.